The van der Waals surface area contributed by atoms with Gasteiger partial charge in [-0.3, -0.25) is 0 Å². The van der Waals surface area contributed by atoms with E-state index >= 15 is 0 Å². The normalized spacial score (nSPS) is 10.2. The highest BCUT2D eigenvalue weighted by Gasteiger charge is 2.06. The van der Waals surface area contributed by atoms with Crippen molar-refractivity contribution in [3.05, 3.63) is 59.7 Å². The van der Waals surface area contributed by atoms with E-state index in [0.717, 1.165) is 31.0 Å². The van der Waals surface area contributed by atoms with Crippen LogP contribution in [0.15, 0.2) is 48.5 Å². The zero-order chi connectivity index (χ0) is 15.1. The molecule has 0 heterocycles. The quantitative estimate of drug-likeness (QED) is 0.741. The average molecular weight is 366 g/mol. The van der Waals surface area contributed by atoms with Gasteiger partial charge in [-0.05, 0) is 36.7 Å². The second-order valence-corrected chi connectivity index (χ2v) is 5.16. The maximum atomic E-state index is 5.34. The van der Waals surface area contributed by atoms with Gasteiger partial charge in [-0.25, -0.2) is 0 Å². The Bertz CT molecular complexity index is 560. The van der Waals surface area contributed by atoms with Crippen LogP contribution in [0, 0.1) is 0 Å². The molecular formula is C18H24BrNO2. The molecule has 0 atom stereocenters. The molecule has 3 nitrogen and oxygen atoms in total. The van der Waals surface area contributed by atoms with E-state index in [4.69, 9.17) is 9.47 Å². The highest BCUT2D eigenvalue weighted by Crippen LogP contribution is 2.27. The summed E-state index contributed by atoms with van der Waals surface area (Å²) in [6.07, 6.45) is 0.990. The Balaban J connectivity index is 0.00000242. The van der Waals surface area contributed by atoms with Crippen LogP contribution < -0.4 is 9.47 Å². The highest BCUT2D eigenvalue weighted by atomic mass is 79.9. The van der Waals surface area contributed by atoms with E-state index in [0.29, 0.717) is 0 Å². The van der Waals surface area contributed by atoms with E-state index in [1.807, 2.05) is 12.1 Å². The van der Waals surface area contributed by atoms with Crippen LogP contribution in [0.1, 0.15) is 11.1 Å². The van der Waals surface area contributed by atoms with Crippen LogP contribution in [0.5, 0.6) is 11.5 Å². The third-order valence-corrected chi connectivity index (χ3v) is 3.53. The van der Waals surface area contributed by atoms with E-state index in [2.05, 4.69) is 48.3 Å². The van der Waals surface area contributed by atoms with Crippen LogP contribution in [-0.2, 0) is 13.0 Å². The molecule has 0 fully saturated rings. The predicted octanol–water partition coefficient (Wildman–Crippen LogP) is 3.96. The van der Waals surface area contributed by atoms with E-state index < -0.39 is 0 Å². The summed E-state index contributed by atoms with van der Waals surface area (Å²) in [4.78, 5) is 2.33. The molecule has 0 aliphatic carbocycles. The first-order valence-electron chi connectivity index (χ1n) is 7.16. The van der Waals surface area contributed by atoms with Crippen molar-refractivity contribution in [3.63, 3.8) is 0 Å². The molecule has 2 aromatic carbocycles. The molecule has 0 aliphatic rings. The van der Waals surface area contributed by atoms with Gasteiger partial charge < -0.3 is 14.4 Å². The van der Waals surface area contributed by atoms with Gasteiger partial charge in [0.1, 0.15) is 0 Å². The zero-order valence-electron chi connectivity index (χ0n) is 13.4. The summed E-state index contributed by atoms with van der Waals surface area (Å²) < 4.78 is 10.6. The van der Waals surface area contributed by atoms with E-state index in [-0.39, 0.29) is 17.0 Å². The summed E-state index contributed by atoms with van der Waals surface area (Å²) in [5.74, 6) is 1.57. The first kappa shape index (κ1) is 18.5. The third kappa shape index (κ3) is 5.35. The topological polar surface area (TPSA) is 21.7 Å². The summed E-state index contributed by atoms with van der Waals surface area (Å²) >= 11 is 0. The minimum atomic E-state index is 0. The van der Waals surface area contributed by atoms with Crippen molar-refractivity contribution in [2.24, 2.45) is 0 Å². The fourth-order valence-electron chi connectivity index (χ4n) is 2.33. The van der Waals surface area contributed by atoms with Crippen LogP contribution >= 0.6 is 17.0 Å². The molecule has 0 spiro atoms. The number of hydrogen-bond donors (Lipinski definition) is 0. The largest absolute Gasteiger partial charge is 0.493 e. The second-order valence-electron chi connectivity index (χ2n) is 5.16. The van der Waals surface area contributed by atoms with Gasteiger partial charge in [0.05, 0.1) is 14.2 Å². The number of hydrogen-bond acceptors (Lipinski definition) is 3. The van der Waals surface area contributed by atoms with Gasteiger partial charge in [0.2, 0.25) is 0 Å². The first-order valence-corrected chi connectivity index (χ1v) is 7.16. The molecule has 0 unspecified atom stereocenters. The molecule has 0 bridgehead atoms. The van der Waals surface area contributed by atoms with Gasteiger partial charge in [0.25, 0.3) is 0 Å². The smallest absolute Gasteiger partial charge is 0.160 e. The number of methoxy groups -OCH3 is 2. The molecule has 0 aromatic heterocycles. The molecule has 22 heavy (non-hydrogen) atoms. The first-order chi connectivity index (χ1) is 10.2. The van der Waals surface area contributed by atoms with Crippen LogP contribution in [0.2, 0.25) is 0 Å². The fourth-order valence-corrected chi connectivity index (χ4v) is 2.33. The Morgan fingerprint density at radius 3 is 2.18 bits per heavy atom. The predicted molar refractivity (Wildman–Crippen MR) is 96.3 cm³/mol. The molecule has 0 aliphatic heterocycles. The van der Waals surface area contributed by atoms with Crippen LogP contribution in [-0.4, -0.2) is 32.7 Å². The van der Waals surface area contributed by atoms with Crippen molar-refractivity contribution in [1.29, 1.82) is 0 Å². The van der Waals surface area contributed by atoms with Gasteiger partial charge in [-0.15, -0.1) is 17.0 Å². The zero-order valence-corrected chi connectivity index (χ0v) is 15.1. The Morgan fingerprint density at radius 2 is 1.55 bits per heavy atom. The molecule has 0 amide bonds. The maximum absolute atomic E-state index is 5.34. The molecule has 2 aromatic rings. The van der Waals surface area contributed by atoms with Gasteiger partial charge in [-0.1, -0.05) is 36.4 Å². The summed E-state index contributed by atoms with van der Waals surface area (Å²) in [5.41, 5.74) is 2.60. The van der Waals surface area contributed by atoms with Gasteiger partial charge in [-0.2, -0.15) is 0 Å². The molecule has 2 rings (SSSR count). The maximum Gasteiger partial charge on any atom is 0.160 e. The molecular weight excluding hydrogens is 342 g/mol. The number of benzene rings is 2. The lowest BCUT2D eigenvalue weighted by atomic mass is 10.1. The molecule has 4 heteroatoms. The summed E-state index contributed by atoms with van der Waals surface area (Å²) in [5, 5.41) is 0. The number of halogens is 1. The Hall–Kier alpha value is -1.52. The Labute approximate surface area is 143 Å². The van der Waals surface area contributed by atoms with Gasteiger partial charge in [0.15, 0.2) is 11.5 Å². The third-order valence-electron chi connectivity index (χ3n) is 3.53. The summed E-state index contributed by atoms with van der Waals surface area (Å²) in [7, 11) is 5.47. The lowest BCUT2D eigenvalue weighted by Crippen LogP contribution is -2.20. The van der Waals surface area contributed by atoms with Crippen molar-refractivity contribution in [3.8, 4) is 11.5 Å². The Kier molecular flexibility index (Phi) is 7.99. The highest BCUT2D eigenvalue weighted by molar-refractivity contribution is 8.93. The minimum Gasteiger partial charge on any atom is -0.493 e. The van der Waals surface area contributed by atoms with Crippen LogP contribution in [0.4, 0.5) is 0 Å². The molecule has 0 radical (unpaired) electrons. The van der Waals surface area contributed by atoms with Crippen molar-refractivity contribution in [2.75, 3.05) is 27.8 Å². The van der Waals surface area contributed by atoms with E-state index in [9.17, 15) is 0 Å². The fraction of sp³-hybridized carbons (Fsp3) is 0.333. The van der Waals surface area contributed by atoms with Crippen LogP contribution in [0.3, 0.4) is 0 Å². The standard InChI is InChI=1S/C18H23NO2.BrH/c1-19(14-16-7-5-4-6-8-16)12-11-15-9-10-17(20-2)18(13-15)21-3;/h4-10,13H,11-12,14H2,1-3H3;1H. The van der Waals surface area contributed by atoms with Gasteiger partial charge in [0, 0.05) is 13.1 Å². The minimum absolute atomic E-state index is 0. The average Bonchev–Trinajstić information content (AvgIpc) is 2.53. The molecule has 0 saturated carbocycles. The second kappa shape index (κ2) is 9.49. The summed E-state index contributed by atoms with van der Waals surface area (Å²) in [6, 6.07) is 16.6. The lowest BCUT2D eigenvalue weighted by Gasteiger charge is -2.17. The van der Waals surface area contributed by atoms with E-state index in [1.165, 1.54) is 11.1 Å². The summed E-state index contributed by atoms with van der Waals surface area (Å²) in [6.45, 7) is 1.97. The lowest BCUT2D eigenvalue weighted by molar-refractivity contribution is 0.330. The molecule has 120 valence electrons. The number of nitrogens with zero attached hydrogens (tertiary/aromatic N) is 1. The number of rotatable bonds is 7. The van der Waals surface area contributed by atoms with Crippen molar-refractivity contribution in [1.82, 2.24) is 4.90 Å². The molecule has 0 saturated heterocycles. The van der Waals surface area contributed by atoms with Gasteiger partial charge >= 0.3 is 0 Å². The van der Waals surface area contributed by atoms with Crippen molar-refractivity contribution < 1.29 is 9.47 Å². The van der Waals surface area contributed by atoms with E-state index in [1.54, 1.807) is 14.2 Å². The number of likely N-dealkylation sites (N-methyl/N-ethyl adjacent to an activating group) is 1. The monoisotopic (exact) mass is 365 g/mol. The number of ether oxygens (including phenoxy) is 2. The van der Waals surface area contributed by atoms with Crippen LogP contribution in [0.25, 0.3) is 0 Å². The van der Waals surface area contributed by atoms with Crippen molar-refractivity contribution >= 4 is 17.0 Å². The SMILES string of the molecule is Br.COc1ccc(CCN(C)Cc2ccccc2)cc1OC. The van der Waals surface area contributed by atoms with Crippen molar-refractivity contribution in [2.45, 2.75) is 13.0 Å². The Morgan fingerprint density at radius 1 is 0.864 bits per heavy atom. The molecule has 0 N–H and O–H groups in total.